The smallest absolute Gasteiger partial charge is 0.226 e. The third-order valence-corrected chi connectivity index (χ3v) is 5.09. The standard InChI is InChI=1S/C17H25BrN2O/c1-12(13-6-4-8-15(18)10-13)20-16(21)17(2,3)14-7-5-9-19-11-14/h4,6,8,10,12,14,19H,5,7,9,11H2,1-3H3,(H,20,21). The van der Waals surface area contributed by atoms with E-state index in [1.807, 2.05) is 25.1 Å². The molecule has 2 rings (SSSR count). The van der Waals surface area contributed by atoms with Crippen LogP contribution >= 0.6 is 15.9 Å². The molecule has 1 saturated heterocycles. The molecule has 2 atom stereocenters. The lowest BCUT2D eigenvalue weighted by molar-refractivity contribution is -0.133. The molecule has 1 aliphatic rings. The van der Waals surface area contributed by atoms with Crippen LogP contribution in [0.4, 0.5) is 0 Å². The van der Waals surface area contributed by atoms with Crippen LogP contribution in [0.5, 0.6) is 0 Å². The summed E-state index contributed by atoms with van der Waals surface area (Å²) in [4.78, 5) is 12.7. The van der Waals surface area contributed by atoms with Crippen molar-refractivity contribution in [3.8, 4) is 0 Å². The van der Waals surface area contributed by atoms with Crippen molar-refractivity contribution < 1.29 is 4.79 Å². The second-order valence-electron chi connectivity index (χ2n) is 6.52. The number of hydrogen-bond donors (Lipinski definition) is 2. The van der Waals surface area contributed by atoms with Crippen molar-refractivity contribution >= 4 is 21.8 Å². The van der Waals surface area contributed by atoms with Gasteiger partial charge in [-0.2, -0.15) is 0 Å². The molecule has 1 aromatic carbocycles. The van der Waals surface area contributed by atoms with E-state index in [9.17, 15) is 4.79 Å². The van der Waals surface area contributed by atoms with E-state index in [0.717, 1.165) is 36.0 Å². The zero-order valence-corrected chi connectivity index (χ0v) is 14.7. The van der Waals surface area contributed by atoms with E-state index in [2.05, 4.69) is 46.5 Å². The minimum atomic E-state index is -0.340. The number of rotatable bonds is 4. The minimum absolute atomic E-state index is 0.0193. The first-order chi connectivity index (χ1) is 9.91. The second kappa shape index (κ2) is 6.93. The highest BCUT2D eigenvalue weighted by molar-refractivity contribution is 9.10. The van der Waals surface area contributed by atoms with Crippen LogP contribution in [0.1, 0.15) is 45.2 Å². The normalized spacial score (nSPS) is 20.9. The molecule has 1 amide bonds. The topological polar surface area (TPSA) is 41.1 Å². The predicted octanol–water partition coefficient (Wildman–Crippen LogP) is 3.65. The third-order valence-electron chi connectivity index (χ3n) is 4.60. The van der Waals surface area contributed by atoms with Crippen molar-refractivity contribution in [2.75, 3.05) is 13.1 Å². The second-order valence-corrected chi connectivity index (χ2v) is 7.43. The Morgan fingerprint density at radius 3 is 2.86 bits per heavy atom. The van der Waals surface area contributed by atoms with Crippen LogP contribution in [0, 0.1) is 11.3 Å². The van der Waals surface area contributed by atoms with Gasteiger partial charge in [0.2, 0.25) is 5.91 Å². The zero-order chi connectivity index (χ0) is 15.5. The summed E-state index contributed by atoms with van der Waals surface area (Å²) in [7, 11) is 0. The molecule has 0 radical (unpaired) electrons. The molecule has 2 N–H and O–H groups in total. The van der Waals surface area contributed by atoms with Crippen LogP contribution < -0.4 is 10.6 Å². The van der Waals surface area contributed by atoms with Crippen LogP contribution in [0.25, 0.3) is 0 Å². The van der Waals surface area contributed by atoms with Gasteiger partial charge >= 0.3 is 0 Å². The Bertz CT molecular complexity index is 495. The van der Waals surface area contributed by atoms with Gasteiger partial charge < -0.3 is 10.6 Å². The summed E-state index contributed by atoms with van der Waals surface area (Å²) in [6.45, 7) is 8.17. The molecule has 1 heterocycles. The fourth-order valence-electron chi connectivity index (χ4n) is 2.90. The van der Waals surface area contributed by atoms with Gasteiger partial charge in [0, 0.05) is 9.89 Å². The van der Waals surface area contributed by atoms with Crippen molar-refractivity contribution in [3.05, 3.63) is 34.3 Å². The summed E-state index contributed by atoms with van der Waals surface area (Å²) in [6.07, 6.45) is 2.28. The fourth-order valence-corrected chi connectivity index (χ4v) is 3.31. The molecular weight excluding hydrogens is 328 g/mol. The first-order valence-electron chi connectivity index (χ1n) is 7.68. The summed E-state index contributed by atoms with van der Waals surface area (Å²) in [5.41, 5.74) is 0.781. The Labute approximate surface area is 136 Å². The summed E-state index contributed by atoms with van der Waals surface area (Å²) in [5, 5.41) is 6.58. The van der Waals surface area contributed by atoms with E-state index in [1.54, 1.807) is 0 Å². The lowest BCUT2D eigenvalue weighted by atomic mass is 9.74. The number of carbonyl (C=O) groups excluding carboxylic acids is 1. The summed E-state index contributed by atoms with van der Waals surface area (Å²) >= 11 is 3.48. The Morgan fingerprint density at radius 1 is 1.48 bits per heavy atom. The van der Waals surface area contributed by atoms with Crippen LogP contribution in [0.2, 0.25) is 0 Å². The lowest BCUT2D eigenvalue weighted by Gasteiger charge is -2.36. The molecule has 0 aromatic heterocycles. The van der Waals surface area contributed by atoms with E-state index >= 15 is 0 Å². The maximum Gasteiger partial charge on any atom is 0.226 e. The molecule has 0 saturated carbocycles. The molecule has 116 valence electrons. The molecular formula is C17H25BrN2O. The molecule has 0 aliphatic carbocycles. The summed E-state index contributed by atoms with van der Waals surface area (Å²) in [5.74, 6) is 0.546. The van der Waals surface area contributed by atoms with Gasteiger partial charge in [0.15, 0.2) is 0 Å². The van der Waals surface area contributed by atoms with Crippen molar-refractivity contribution in [2.45, 2.75) is 39.7 Å². The molecule has 1 fully saturated rings. The fraction of sp³-hybridized carbons (Fsp3) is 0.588. The van der Waals surface area contributed by atoms with E-state index in [-0.39, 0.29) is 17.4 Å². The largest absolute Gasteiger partial charge is 0.349 e. The Morgan fingerprint density at radius 2 is 2.24 bits per heavy atom. The molecule has 1 aliphatic heterocycles. The monoisotopic (exact) mass is 352 g/mol. The molecule has 21 heavy (non-hydrogen) atoms. The van der Waals surface area contributed by atoms with Crippen molar-refractivity contribution in [1.82, 2.24) is 10.6 Å². The number of hydrogen-bond acceptors (Lipinski definition) is 2. The van der Waals surface area contributed by atoms with Gasteiger partial charge in [-0.3, -0.25) is 4.79 Å². The van der Waals surface area contributed by atoms with Crippen molar-refractivity contribution in [2.24, 2.45) is 11.3 Å². The lowest BCUT2D eigenvalue weighted by Crippen LogP contribution is -2.47. The number of amides is 1. The van der Waals surface area contributed by atoms with Crippen LogP contribution in [-0.4, -0.2) is 19.0 Å². The molecule has 0 spiro atoms. The first kappa shape index (κ1) is 16.5. The predicted molar refractivity (Wildman–Crippen MR) is 90.1 cm³/mol. The summed E-state index contributed by atoms with van der Waals surface area (Å²) in [6, 6.07) is 8.12. The molecule has 0 bridgehead atoms. The van der Waals surface area contributed by atoms with Gasteiger partial charge in [-0.15, -0.1) is 0 Å². The van der Waals surface area contributed by atoms with Gasteiger partial charge in [0.25, 0.3) is 0 Å². The molecule has 1 aromatic rings. The van der Waals surface area contributed by atoms with E-state index in [1.165, 1.54) is 0 Å². The number of carbonyl (C=O) groups is 1. The Balaban J connectivity index is 2.02. The van der Waals surface area contributed by atoms with Gasteiger partial charge in [0.05, 0.1) is 6.04 Å². The quantitative estimate of drug-likeness (QED) is 0.868. The maximum absolute atomic E-state index is 12.7. The number of nitrogens with one attached hydrogen (secondary N) is 2. The third kappa shape index (κ3) is 4.07. The molecule has 2 unspecified atom stereocenters. The van der Waals surface area contributed by atoms with Crippen LogP contribution in [-0.2, 0) is 4.79 Å². The Hall–Kier alpha value is -0.870. The van der Waals surface area contributed by atoms with Crippen molar-refractivity contribution in [3.63, 3.8) is 0 Å². The highest BCUT2D eigenvalue weighted by atomic mass is 79.9. The van der Waals surface area contributed by atoms with E-state index in [4.69, 9.17) is 0 Å². The van der Waals surface area contributed by atoms with Crippen molar-refractivity contribution in [1.29, 1.82) is 0 Å². The Kier molecular flexibility index (Phi) is 5.44. The average molecular weight is 353 g/mol. The first-order valence-corrected chi connectivity index (χ1v) is 8.47. The van der Waals surface area contributed by atoms with E-state index < -0.39 is 0 Å². The van der Waals surface area contributed by atoms with E-state index in [0.29, 0.717) is 5.92 Å². The van der Waals surface area contributed by atoms with Crippen LogP contribution in [0.3, 0.4) is 0 Å². The zero-order valence-electron chi connectivity index (χ0n) is 13.1. The SMILES string of the molecule is CC(NC(=O)C(C)(C)C1CCCNC1)c1cccc(Br)c1. The van der Waals surface area contributed by atoms with Crippen LogP contribution in [0.15, 0.2) is 28.7 Å². The highest BCUT2D eigenvalue weighted by Gasteiger charge is 2.37. The number of halogens is 1. The van der Waals surface area contributed by atoms with Gasteiger partial charge in [-0.1, -0.05) is 41.9 Å². The summed E-state index contributed by atoms with van der Waals surface area (Å²) < 4.78 is 1.04. The average Bonchev–Trinajstić information content (AvgIpc) is 2.48. The van der Waals surface area contributed by atoms with Gasteiger partial charge in [-0.05, 0) is 56.5 Å². The molecule has 3 nitrogen and oxygen atoms in total. The van der Waals surface area contributed by atoms with Gasteiger partial charge in [0.1, 0.15) is 0 Å². The molecule has 4 heteroatoms. The highest BCUT2D eigenvalue weighted by Crippen LogP contribution is 2.32. The minimum Gasteiger partial charge on any atom is -0.349 e. The van der Waals surface area contributed by atoms with Gasteiger partial charge in [-0.25, -0.2) is 0 Å². The maximum atomic E-state index is 12.7. The number of benzene rings is 1. The number of piperidine rings is 1.